The number of phenols is 1. The van der Waals surface area contributed by atoms with E-state index in [-0.39, 0.29) is 17.4 Å². The summed E-state index contributed by atoms with van der Waals surface area (Å²) in [6.07, 6.45) is 2.18. The van der Waals surface area contributed by atoms with Crippen LogP contribution in [0.25, 0.3) is 21.2 Å². The van der Waals surface area contributed by atoms with Gasteiger partial charge in [0.2, 0.25) is 0 Å². The van der Waals surface area contributed by atoms with Gasteiger partial charge in [-0.15, -0.1) is 11.3 Å². The zero-order chi connectivity index (χ0) is 18.4. The van der Waals surface area contributed by atoms with Crippen LogP contribution in [0.15, 0.2) is 57.7 Å². The molecule has 5 rings (SSSR count). The van der Waals surface area contributed by atoms with Gasteiger partial charge in [0.1, 0.15) is 16.3 Å². The van der Waals surface area contributed by atoms with E-state index in [0.29, 0.717) is 12.1 Å². The predicted octanol–water partition coefficient (Wildman–Crippen LogP) is 4.45. The summed E-state index contributed by atoms with van der Waals surface area (Å²) in [5.41, 5.74) is 2.01. The molecule has 1 fully saturated rings. The van der Waals surface area contributed by atoms with Crippen molar-refractivity contribution in [2.45, 2.75) is 25.4 Å². The molecule has 0 aliphatic carbocycles. The Kier molecular flexibility index (Phi) is 3.95. The molecule has 3 heterocycles. The van der Waals surface area contributed by atoms with Crippen molar-refractivity contribution in [2.24, 2.45) is 0 Å². The summed E-state index contributed by atoms with van der Waals surface area (Å²) in [7, 11) is 0. The van der Waals surface area contributed by atoms with Gasteiger partial charge >= 0.3 is 5.63 Å². The second kappa shape index (κ2) is 6.48. The fourth-order valence-corrected chi connectivity index (χ4v) is 5.03. The van der Waals surface area contributed by atoms with Crippen molar-refractivity contribution in [3.8, 4) is 5.75 Å². The average Bonchev–Trinajstić information content (AvgIpc) is 3.27. The van der Waals surface area contributed by atoms with Crippen molar-refractivity contribution in [3.05, 3.63) is 69.5 Å². The van der Waals surface area contributed by atoms with Gasteiger partial charge in [-0.05, 0) is 49.2 Å². The summed E-state index contributed by atoms with van der Waals surface area (Å²) < 4.78 is 6.46. The minimum Gasteiger partial charge on any atom is -0.508 e. The van der Waals surface area contributed by atoms with E-state index in [1.165, 1.54) is 10.8 Å². The minimum atomic E-state index is -0.390. The number of thiazole rings is 1. The quantitative estimate of drug-likeness (QED) is 0.534. The van der Waals surface area contributed by atoms with Crippen molar-refractivity contribution < 1.29 is 9.52 Å². The van der Waals surface area contributed by atoms with Gasteiger partial charge in [-0.25, -0.2) is 9.78 Å². The lowest BCUT2D eigenvalue weighted by Crippen LogP contribution is -2.23. The highest BCUT2D eigenvalue weighted by Crippen LogP contribution is 2.37. The second-order valence-electron chi connectivity index (χ2n) is 6.92. The number of benzene rings is 2. The Morgan fingerprint density at radius 3 is 3.00 bits per heavy atom. The van der Waals surface area contributed by atoms with Crippen LogP contribution in [0.5, 0.6) is 5.75 Å². The van der Waals surface area contributed by atoms with Crippen LogP contribution in [0.1, 0.15) is 29.5 Å². The molecule has 0 unspecified atom stereocenters. The van der Waals surface area contributed by atoms with Crippen LogP contribution in [0, 0.1) is 0 Å². The molecule has 0 amide bonds. The summed E-state index contributed by atoms with van der Waals surface area (Å²) >= 11 is 1.75. The van der Waals surface area contributed by atoms with Crippen LogP contribution in [0.3, 0.4) is 0 Å². The molecule has 27 heavy (non-hydrogen) atoms. The lowest BCUT2D eigenvalue weighted by molar-refractivity contribution is 0.248. The van der Waals surface area contributed by atoms with Gasteiger partial charge in [-0.3, -0.25) is 4.90 Å². The van der Waals surface area contributed by atoms with Gasteiger partial charge in [0.25, 0.3) is 0 Å². The third kappa shape index (κ3) is 3.01. The molecule has 1 saturated heterocycles. The topological polar surface area (TPSA) is 66.6 Å². The molecular weight excluding hydrogens is 360 g/mol. The number of phenolic OH excluding ortho intramolecular Hbond substituents is 1. The molecule has 0 saturated carbocycles. The molecule has 0 spiro atoms. The maximum Gasteiger partial charge on any atom is 0.336 e. The first-order valence-corrected chi connectivity index (χ1v) is 9.84. The highest BCUT2D eigenvalue weighted by atomic mass is 32.1. The minimum absolute atomic E-state index is 0.0938. The van der Waals surface area contributed by atoms with Gasteiger partial charge in [-0.2, -0.15) is 0 Å². The third-order valence-corrected chi connectivity index (χ3v) is 6.28. The Hall–Kier alpha value is -2.70. The maximum absolute atomic E-state index is 12.0. The van der Waals surface area contributed by atoms with Crippen LogP contribution in [0.2, 0.25) is 0 Å². The van der Waals surface area contributed by atoms with E-state index in [0.717, 1.165) is 40.9 Å². The molecule has 6 heteroatoms. The average molecular weight is 378 g/mol. The van der Waals surface area contributed by atoms with Crippen molar-refractivity contribution in [2.75, 3.05) is 6.54 Å². The number of aromatic nitrogens is 1. The van der Waals surface area contributed by atoms with Crippen molar-refractivity contribution in [1.29, 1.82) is 0 Å². The van der Waals surface area contributed by atoms with Crippen LogP contribution < -0.4 is 5.63 Å². The van der Waals surface area contributed by atoms with Gasteiger partial charge in [0.05, 0.1) is 16.3 Å². The molecule has 1 aliphatic rings. The predicted molar refractivity (Wildman–Crippen MR) is 106 cm³/mol. The van der Waals surface area contributed by atoms with E-state index < -0.39 is 0 Å². The molecule has 5 nitrogen and oxygen atoms in total. The number of aromatic hydroxyl groups is 1. The van der Waals surface area contributed by atoms with E-state index in [9.17, 15) is 9.90 Å². The summed E-state index contributed by atoms with van der Waals surface area (Å²) in [5.74, 6) is 0.0938. The molecule has 0 bridgehead atoms. The summed E-state index contributed by atoms with van der Waals surface area (Å²) in [4.78, 5) is 19.2. The standard InChI is InChI=1S/C21H18N2O3S/c24-14-7-8-15-13(10-20(25)26-18(15)11-14)12-23-9-3-5-17(23)21-22-16-4-1-2-6-19(16)27-21/h1-2,4,6-8,10-11,17,24H,3,5,9,12H2/t17-/m0/s1. The fraction of sp³-hybridized carbons (Fsp3) is 0.238. The van der Waals surface area contributed by atoms with E-state index in [1.807, 2.05) is 18.2 Å². The van der Waals surface area contributed by atoms with Crippen LogP contribution >= 0.6 is 11.3 Å². The molecule has 1 N–H and O–H groups in total. The number of fused-ring (bicyclic) bond motifs is 2. The van der Waals surface area contributed by atoms with Crippen LogP contribution in [-0.4, -0.2) is 21.5 Å². The molecule has 1 atom stereocenters. The highest BCUT2D eigenvalue weighted by Gasteiger charge is 2.29. The van der Waals surface area contributed by atoms with Crippen molar-refractivity contribution in [1.82, 2.24) is 9.88 Å². The van der Waals surface area contributed by atoms with E-state index >= 15 is 0 Å². The number of rotatable bonds is 3. The Labute approximate surface area is 159 Å². The number of hydrogen-bond acceptors (Lipinski definition) is 6. The van der Waals surface area contributed by atoms with Crippen molar-refractivity contribution >= 4 is 32.5 Å². The lowest BCUT2D eigenvalue weighted by Gasteiger charge is -2.23. The zero-order valence-corrected chi connectivity index (χ0v) is 15.4. The Bertz CT molecular complexity index is 1160. The smallest absolute Gasteiger partial charge is 0.336 e. The van der Waals surface area contributed by atoms with Gasteiger partial charge in [-0.1, -0.05) is 12.1 Å². The number of para-hydroxylation sites is 1. The Morgan fingerprint density at radius 1 is 1.22 bits per heavy atom. The number of hydrogen-bond donors (Lipinski definition) is 1. The molecule has 4 aromatic rings. The van der Waals surface area contributed by atoms with Crippen LogP contribution in [0.4, 0.5) is 0 Å². The first-order chi connectivity index (χ1) is 13.2. The first-order valence-electron chi connectivity index (χ1n) is 9.03. The van der Waals surface area contributed by atoms with Crippen molar-refractivity contribution in [3.63, 3.8) is 0 Å². The first kappa shape index (κ1) is 16.5. The zero-order valence-electron chi connectivity index (χ0n) is 14.6. The summed E-state index contributed by atoms with van der Waals surface area (Å²) in [6.45, 7) is 1.63. The van der Waals surface area contributed by atoms with Crippen LogP contribution in [-0.2, 0) is 6.54 Å². The SMILES string of the molecule is O=c1cc(CN2CCC[C@H]2c2nc3ccccc3s2)c2ccc(O)cc2o1. The summed E-state index contributed by atoms with van der Waals surface area (Å²) in [5, 5.41) is 11.7. The molecule has 2 aromatic heterocycles. The number of nitrogens with zero attached hydrogens (tertiary/aromatic N) is 2. The van der Waals surface area contributed by atoms with Gasteiger partial charge in [0, 0.05) is 24.1 Å². The second-order valence-corrected chi connectivity index (χ2v) is 7.98. The lowest BCUT2D eigenvalue weighted by atomic mass is 10.1. The molecule has 136 valence electrons. The molecule has 0 radical (unpaired) electrons. The maximum atomic E-state index is 12.0. The number of likely N-dealkylation sites (tertiary alicyclic amines) is 1. The summed E-state index contributed by atoms with van der Waals surface area (Å²) in [6, 6.07) is 15.0. The van der Waals surface area contributed by atoms with Gasteiger partial charge < -0.3 is 9.52 Å². The van der Waals surface area contributed by atoms with E-state index in [2.05, 4.69) is 17.0 Å². The largest absolute Gasteiger partial charge is 0.508 e. The fourth-order valence-electron chi connectivity index (χ4n) is 3.90. The molecule has 1 aliphatic heterocycles. The van der Waals surface area contributed by atoms with E-state index in [1.54, 1.807) is 23.5 Å². The molecule has 2 aromatic carbocycles. The Morgan fingerprint density at radius 2 is 2.11 bits per heavy atom. The third-order valence-electron chi connectivity index (χ3n) is 5.15. The Balaban J connectivity index is 1.51. The van der Waals surface area contributed by atoms with E-state index in [4.69, 9.17) is 9.40 Å². The normalized spacial score (nSPS) is 17.9. The monoisotopic (exact) mass is 378 g/mol. The highest BCUT2D eigenvalue weighted by molar-refractivity contribution is 7.18. The van der Waals surface area contributed by atoms with Gasteiger partial charge in [0.15, 0.2) is 0 Å². The molecular formula is C21H18N2O3S.